The zero-order chi connectivity index (χ0) is 19.0. The van der Waals surface area contributed by atoms with Crippen LogP contribution < -0.4 is 0 Å². The molecule has 1 aliphatic carbocycles. The van der Waals surface area contributed by atoms with E-state index < -0.39 is 16.0 Å². The van der Waals surface area contributed by atoms with Gasteiger partial charge in [-0.15, -0.1) is 0 Å². The van der Waals surface area contributed by atoms with Crippen molar-refractivity contribution in [3.63, 3.8) is 0 Å². The summed E-state index contributed by atoms with van der Waals surface area (Å²) in [5, 5.41) is 0. The van der Waals surface area contributed by atoms with Gasteiger partial charge in [-0.2, -0.15) is 4.31 Å². The van der Waals surface area contributed by atoms with Crippen LogP contribution in [0.15, 0.2) is 29.2 Å². The predicted molar refractivity (Wildman–Crippen MR) is 99.5 cm³/mol. The Hall–Kier alpha value is -1.44. The summed E-state index contributed by atoms with van der Waals surface area (Å²) >= 11 is 0. The third-order valence-electron chi connectivity index (χ3n) is 4.75. The smallest absolute Gasteiger partial charge is 0.321 e. The molecule has 1 aromatic carbocycles. The van der Waals surface area contributed by atoms with Gasteiger partial charge in [0.05, 0.1) is 18.1 Å². The first-order valence-electron chi connectivity index (χ1n) is 9.23. The zero-order valence-electron chi connectivity index (χ0n) is 15.6. The van der Waals surface area contributed by atoms with Gasteiger partial charge in [-0.3, -0.25) is 4.79 Å². The Kier molecular flexibility index (Phi) is 8.06. The minimum absolute atomic E-state index is 0.0992. The molecular weight excluding hydrogens is 354 g/mol. The van der Waals surface area contributed by atoms with Crippen molar-refractivity contribution < 1.29 is 22.7 Å². The van der Waals surface area contributed by atoms with Crippen LogP contribution in [0.2, 0.25) is 0 Å². The van der Waals surface area contributed by atoms with Gasteiger partial charge in [0.25, 0.3) is 0 Å². The molecule has 0 aromatic heterocycles. The number of nitrogens with zero attached hydrogens (tertiary/aromatic N) is 1. The van der Waals surface area contributed by atoms with Crippen molar-refractivity contribution in [2.75, 3.05) is 33.4 Å². The third-order valence-corrected chi connectivity index (χ3v) is 6.61. The van der Waals surface area contributed by atoms with Gasteiger partial charge in [0.15, 0.2) is 0 Å². The molecule has 0 saturated heterocycles. The molecule has 0 aliphatic heterocycles. The van der Waals surface area contributed by atoms with Gasteiger partial charge in [-0.1, -0.05) is 31.4 Å². The molecule has 0 atom stereocenters. The molecule has 26 heavy (non-hydrogen) atoms. The van der Waals surface area contributed by atoms with Crippen LogP contribution in [0.4, 0.5) is 0 Å². The third kappa shape index (κ3) is 5.53. The highest BCUT2D eigenvalue weighted by Gasteiger charge is 2.27. The number of hydrogen-bond donors (Lipinski definition) is 0. The van der Waals surface area contributed by atoms with Crippen LogP contribution in [0, 0.1) is 0 Å². The fraction of sp³-hybridized carbons (Fsp3) is 0.632. The Morgan fingerprint density at radius 2 is 1.81 bits per heavy atom. The zero-order valence-corrected chi connectivity index (χ0v) is 16.5. The summed E-state index contributed by atoms with van der Waals surface area (Å²) in [6, 6.07) is 7.10. The second-order valence-electron chi connectivity index (χ2n) is 6.54. The summed E-state index contributed by atoms with van der Waals surface area (Å²) in [4.78, 5) is 12.0. The monoisotopic (exact) mass is 383 g/mol. The van der Waals surface area contributed by atoms with E-state index in [1.807, 2.05) is 12.1 Å². The quantitative estimate of drug-likeness (QED) is 0.613. The van der Waals surface area contributed by atoms with E-state index in [-0.39, 0.29) is 31.2 Å². The maximum Gasteiger partial charge on any atom is 0.321 e. The molecule has 1 saturated carbocycles. The summed E-state index contributed by atoms with van der Waals surface area (Å²) in [5.41, 5.74) is 1.19. The van der Waals surface area contributed by atoms with Gasteiger partial charge in [-0.25, -0.2) is 8.42 Å². The summed E-state index contributed by atoms with van der Waals surface area (Å²) in [6.07, 6.45) is 6.07. The lowest BCUT2D eigenvalue weighted by atomic mass is 9.84. The molecule has 0 heterocycles. The van der Waals surface area contributed by atoms with Gasteiger partial charge in [0.1, 0.15) is 6.54 Å². The summed E-state index contributed by atoms with van der Waals surface area (Å²) < 4.78 is 36.9. The van der Waals surface area contributed by atoms with Crippen LogP contribution in [-0.4, -0.2) is 52.1 Å². The number of benzene rings is 1. The molecule has 146 valence electrons. The van der Waals surface area contributed by atoms with Crippen molar-refractivity contribution >= 4 is 16.0 Å². The highest BCUT2D eigenvalue weighted by Crippen LogP contribution is 2.33. The van der Waals surface area contributed by atoms with E-state index in [1.54, 1.807) is 19.1 Å². The minimum Gasteiger partial charge on any atom is -0.465 e. The molecule has 0 radical (unpaired) electrons. The van der Waals surface area contributed by atoms with Crippen molar-refractivity contribution in [2.24, 2.45) is 0 Å². The van der Waals surface area contributed by atoms with E-state index in [1.165, 1.54) is 31.9 Å². The van der Waals surface area contributed by atoms with E-state index in [0.29, 0.717) is 5.92 Å². The summed E-state index contributed by atoms with van der Waals surface area (Å²) in [5.74, 6) is -0.0457. The van der Waals surface area contributed by atoms with E-state index in [0.717, 1.165) is 17.1 Å². The maximum absolute atomic E-state index is 12.9. The van der Waals surface area contributed by atoms with Crippen LogP contribution in [0.5, 0.6) is 0 Å². The average Bonchev–Trinajstić information content (AvgIpc) is 2.66. The lowest BCUT2D eigenvalue weighted by molar-refractivity contribution is -0.143. The lowest BCUT2D eigenvalue weighted by Crippen LogP contribution is -2.38. The SMILES string of the molecule is CCOC(=O)CN(CCOC)S(=O)(=O)c1ccc(C2CCCCC2)cc1. The first-order valence-corrected chi connectivity index (χ1v) is 10.7. The Morgan fingerprint density at radius 3 is 2.38 bits per heavy atom. The molecule has 0 bridgehead atoms. The van der Waals surface area contributed by atoms with Crippen LogP contribution in [-0.2, 0) is 24.3 Å². The molecule has 2 rings (SSSR count). The highest BCUT2D eigenvalue weighted by atomic mass is 32.2. The molecule has 1 fully saturated rings. The first-order chi connectivity index (χ1) is 12.5. The van der Waals surface area contributed by atoms with E-state index in [9.17, 15) is 13.2 Å². The number of ether oxygens (including phenoxy) is 2. The Labute approximate surface area is 156 Å². The van der Waals surface area contributed by atoms with Crippen molar-refractivity contribution in [2.45, 2.75) is 49.8 Å². The van der Waals surface area contributed by atoms with Gasteiger partial charge >= 0.3 is 5.97 Å². The van der Waals surface area contributed by atoms with Crippen LogP contribution in [0.3, 0.4) is 0 Å². The molecule has 0 unspecified atom stereocenters. The largest absolute Gasteiger partial charge is 0.465 e. The highest BCUT2D eigenvalue weighted by molar-refractivity contribution is 7.89. The van der Waals surface area contributed by atoms with Crippen LogP contribution in [0.1, 0.15) is 50.5 Å². The molecule has 0 amide bonds. The molecule has 1 aromatic rings. The maximum atomic E-state index is 12.9. The van der Waals surface area contributed by atoms with Crippen molar-refractivity contribution in [3.05, 3.63) is 29.8 Å². The standard InChI is InChI=1S/C19H29NO5S/c1-3-25-19(21)15-20(13-14-24-2)26(22,23)18-11-9-17(10-12-18)16-7-5-4-6-8-16/h9-12,16H,3-8,13-15H2,1-2H3. The lowest BCUT2D eigenvalue weighted by Gasteiger charge is -2.23. The Balaban J connectivity index is 2.16. The van der Waals surface area contributed by atoms with E-state index in [4.69, 9.17) is 9.47 Å². The number of sulfonamides is 1. The number of esters is 1. The molecule has 6 nitrogen and oxygen atoms in total. The van der Waals surface area contributed by atoms with Crippen LogP contribution >= 0.6 is 0 Å². The average molecular weight is 384 g/mol. The van der Waals surface area contributed by atoms with Crippen molar-refractivity contribution in [1.82, 2.24) is 4.31 Å². The van der Waals surface area contributed by atoms with Gasteiger partial charge < -0.3 is 9.47 Å². The number of hydrogen-bond acceptors (Lipinski definition) is 5. The Bertz CT molecular complexity index is 666. The number of carbonyl (C=O) groups excluding carboxylic acids is 1. The van der Waals surface area contributed by atoms with Gasteiger partial charge in [-0.05, 0) is 43.4 Å². The van der Waals surface area contributed by atoms with E-state index >= 15 is 0 Å². The molecule has 7 heteroatoms. The van der Waals surface area contributed by atoms with E-state index in [2.05, 4.69) is 0 Å². The van der Waals surface area contributed by atoms with Crippen molar-refractivity contribution in [3.8, 4) is 0 Å². The summed E-state index contributed by atoms with van der Waals surface area (Å²) in [7, 11) is -2.29. The fourth-order valence-electron chi connectivity index (χ4n) is 3.32. The number of methoxy groups -OCH3 is 1. The predicted octanol–water partition coefficient (Wildman–Crippen LogP) is 2.93. The normalized spacial score (nSPS) is 16.0. The second kappa shape index (κ2) is 10.0. The van der Waals surface area contributed by atoms with Crippen molar-refractivity contribution in [1.29, 1.82) is 0 Å². The van der Waals surface area contributed by atoms with Crippen LogP contribution in [0.25, 0.3) is 0 Å². The summed E-state index contributed by atoms with van der Waals surface area (Å²) in [6.45, 7) is 1.90. The fourth-order valence-corrected chi connectivity index (χ4v) is 4.69. The Morgan fingerprint density at radius 1 is 1.15 bits per heavy atom. The molecule has 0 spiro atoms. The second-order valence-corrected chi connectivity index (χ2v) is 8.48. The molecule has 1 aliphatic rings. The van der Waals surface area contributed by atoms with Gasteiger partial charge in [0.2, 0.25) is 10.0 Å². The number of rotatable bonds is 9. The topological polar surface area (TPSA) is 72.9 Å². The molecule has 0 N–H and O–H groups in total. The number of carbonyl (C=O) groups is 1. The molecular formula is C19H29NO5S. The first kappa shape index (κ1) is 20.9. The van der Waals surface area contributed by atoms with Gasteiger partial charge in [0, 0.05) is 13.7 Å². The minimum atomic E-state index is -3.78.